The molecule has 0 atom stereocenters. The molecule has 37 heavy (non-hydrogen) atoms. The molecule has 1 aliphatic rings. The molecule has 2 aromatic carbocycles. The van der Waals surface area contributed by atoms with E-state index in [2.05, 4.69) is 49.7 Å². The highest BCUT2D eigenvalue weighted by atomic mass is 32.1. The molecule has 0 aliphatic carbocycles. The maximum Gasteiger partial charge on any atom is 0.314 e. The van der Waals surface area contributed by atoms with Crippen LogP contribution in [0.2, 0.25) is 0 Å². The van der Waals surface area contributed by atoms with Crippen LogP contribution in [0, 0.1) is 5.82 Å². The molecule has 2 N–H and O–H groups in total. The molecule has 0 bridgehead atoms. The van der Waals surface area contributed by atoms with Crippen LogP contribution in [0.15, 0.2) is 58.9 Å². The Kier molecular flexibility index (Phi) is 9.70. The number of ether oxygens (including phenoxy) is 1. The smallest absolute Gasteiger partial charge is 0.314 e. The predicted molar refractivity (Wildman–Crippen MR) is 147 cm³/mol. The van der Waals surface area contributed by atoms with Gasteiger partial charge < -0.3 is 29.7 Å². The third-order valence-corrected chi connectivity index (χ3v) is 6.93. The molecule has 0 saturated carbocycles. The van der Waals surface area contributed by atoms with E-state index in [-0.39, 0.29) is 11.8 Å². The summed E-state index contributed by atoms with van der Waals surface area (Å²) >= 11 is 1.56. The van der Waals surface area contributed by atoms with Crippen molar-refractivity contribution in [2.45, 2.75) is 13.0 Å². The van der Waals surface area contributed by atoms with E-state index in [9.17, 15) is 9.18 Å². The number of thiazole rings is 1. The Labute approximate surface area is 221 Å². The second-order valence-corrected chi connectivity index (χ2v) is 9.94. The van der Waals surface area contributed by atoms with Crippen LogP contribution in [-0.4, -0.2) is 75.5 Å². The molecule has 4 rings (SSSR count). The fraction of sp³-hybridized carbons (Fsp3) is 0.407. The summed E-state index contributed by atoms with van der Waals surface area (Å²) < 4.78 is 21.2. The Bertz CT molecular complexity index is 1220. The first-order chi connectivity index (χ1) is 18.0. The van der Waals surface area contributed by atoms with Gasteiger partial charge in [-0.15, -0.1) is 11.3 Å². The Hall–Kier alpha value is -3.21. The van der Waals surface area contributed by atoms with Gasteiger partial charge in [0.15, 0.2) is 4.80 Å². The third kappa shape index (κ3) is 7.64. The molecule has 2 heterocycles. The van der Waals surface area contributed by atoms with E-state index >= 15 is 0 Å². The summed E-state index contributed by atoms with van der Waals surface area (Å²) in [4.78, 5) is 22.1. The largest absolute Gasteiger partial charge is 0.378 e. The maximum atomic E-state index is 13.4. The summed E-state index contributed by atoms with van der Waals surface area (Å²) in [6, 6.07) is 14.5. The highest BCUT2D eigenvalue weighted by Gasteiger charge is 2.18. The van der Waals surface area contributed by atoms with E-state index in [1.807, 2.05) is 19.0 Å². The van der Waals surface area contributed by atoms with Crippen LogP contribution in [0.5, 0.6) is 0 Å². The average Bonchev–Trinajstić information content (AvgIpc) is 3.30. The van der Waals surface area contributed by atoms with Gasteiger partial charge >= 0.3 is 6.03 Å². The summed E-state index contributed by atoms with van der Waals surface area (Å²) in [5.41, 5.74) is 4.08. The first kappa shape index (κ1) is 26.8. The molecule has 1 fully saturated rings. The van der Waals surface area contributed by atoms with Gasteiger partial charge in [-0.05, 0) is 50.8 Å². The first-order valence-electron chi connectivity index (χ1n) is 12.6. The van der Waals surface area contributed by atoms with Gasteiger partial charge in [-0.1, -0.05) is 18.2 Å². The van der Waals surface area contributed by atoms with Crippen molar-refractivity contribution < 1.29 is 13.9 Å². The van der Waals surface area contributed by atoms with Crippen molar-refractivity contribution in [2.75, 3.05) is 64.9 Å². The number of urea groups is 1. The van der Waals surface area contributed by atoms with Crippen molar-refractivity contribution in [3.8, 4) is 11.3 Å². The molecule has 0 radical (unpaired) electrons. The van der Waals surface area contributed by atoms with Crippen LogP contribution < -0.4 is 20.3 Å². The minimum atomic E-state index is -0.284. The van der Waals surface area contributed by atoms with Crippen molar-refractivity contribution in [1.29, 1.82) is 0 Å². The van der Waals surface area contributed by atoms with E-state index < -0.39 is 0 Å². The number of carbonyl (C=O) groups is 1. The zero-order valence-corrected chi connectivity index (χ0v) is 22.3. The fourth-order valence-electron chi connectivity index (χ4n) is 4.14. The molecular formula is C27H35FN6O2S. The lowest BCUT2D eigenvalue weighted by molar-refractivity contribution is 0.123. The quantitative estimate of drug-likeness (QED) is 0.396. The van der Waals surface area contributed by atoms with Crippen LogP contribution >= 0.6 is 11.3 Å². The first-order valence-corrected chi connectivity index (χ1v) is 13.5. The topological polar surface area (TPSA) is 74.1 Å². The van der Waals surface area contributed by atoms with Gasteiger partial charge in [-0.3, -0.25) is 0 Å². The lowest BCUT2D eigenvalue weighted by atomic mass is 10.1. The molecule has 0 spiro atoms. The van der Waals surface area contributed by atoms with Gasteiger partial charge in [0.1, 0.15) is 5.82 Å². The van der Waals surface area contributed by atoms with Crippen molar-refractivity contribution in [3.05, 3.63) is 64.5 Å². The Morgan fingerprint density at radius 3 is 2.57 bits per heavy atom. The van der Waals surface area contributed by atoms with E-state index in [4.69, 9.17) is 9.73 Å². The molecule has 1 aliphatic heterocycles. The lowest BCUT2D eigenvalue weighted by Gasteiger charge is -2.30. The van der Waals surface area contributed by atoms with Gasteiger partial charge in [0.25, 0.3) is 0 Å². The summed E-state index contributed by atoms with van der Waals surface area (Å²) in [5, 5.41) is 7.95. The standard InChI is InChI=1S/C27H35FN6O2S/c1-32(2)15-13-30-26(35)29-12-5-14-34-25(20-37-27(34)31-22-10-8-21(28)9-11-22)23-6-3-4-7-24(23)33-16-18-36-19-17-33/h3-4,6-11,20H,5,12-19H2,1-2H3,(H2,29,30,35). The van der Waals surface area contributed by atoms with Gasteiger partial charge in [0.05, 0.1) is 24.6 Å². The third-order valence-electron chi connectivity index (χ3n) is 6.07. The maximum absolute atomic E-state index is 13.4. The number of halogens is 1. The minimum Gasteiger partial charge on any atom is -0.378 e. The van der Waals surface area contributed by atoms with Gasteiger partial charge in [0, 0.05) is 55.9 Å². The minimum absolute atomic E-state index is 0.161. The molecule has 2 amide bonds. The number of morpholine rings is 1. The van der Waals surface area contributed by atoms with Crippen molar-refractivity contribution in [3.63, 3.8) is 0 Å². The fourth-order valence-corrected chi connectivity index (χ4v) is 5.09. The van der Waals surface area contributed by atoms with Crippen LogP contribution in [0.3, 0.4) is 0 Å². The average molecular weight is 527 g/mol. The van der Waals surface area contributed by atoms with Crippen molar-refractivity contribution in [2.24, 2.45) is 4.99 Å². The summed E-state index contributed by atoms with van der Waals surface area (Å²) in [5.74, 6) is -0.284. The summed E-state index contributed by atoms with van der Waals surface area (Å²) in [7, 11) is 3.95. The summed E-state index contributed by atoms with van der Waals surface area (Å²) in [6.45, 7) is 5.73. The van der Waals surface area contributed by atoms with E-state index in [1.54, 1.807) is 23.5 Å². The predicted octanol–water partition coefficient (Wildman–Crippen LogP) is 3.68. The Balaban J connectivity index is 1.56. The van der Waals surface area contributed by atoms with Crippen LogP contribution in [0.4, 0.5) is 20.6 Å². The summed E-state index contributed by atoms with van der Waals surface area (Å²) in [6.07, 6.45) is 0.737. The number of aromatic nitrogens is 1. The number of amides is 2. The van der Waals surface area contributed by atoms with Crippen molar-refractivity contribution in [1.82, 2.24) is 20.1 Å². The SMILES string of the molecule is CN(C)CCNC(=O)NCCCn1c(-c2ccccc2N2CCOCC2)csc1=Nc1ccc(F)cc1. The van der Waals surface area contributed by atoms with Crippen molar-refractivity contribution >= 4 is 28.7 Å². The van der Waals surface area contributed by atoms with Crippen LogP contribution in [0.1, 0.15) is 6.42 Å². The van der Waals surface area contributed by atoms with Crippen LogP contribution in [-0.2, 0) is 11.3 Å². The zero-order chi connectivity index (χ0) is 26.0. The number of para-hydroxylation sites is 1. The highest BCUT2D eigenvalue weighted by molar-refractivity contribution is 7.07. The molecule has 1 saturated heterocycles. The lowest BCUT2D eigenvalue weighted by Crippen LogP contribution is -2.39. The molecular weight excluding hydrogens is 491 g/mol. The van der Waals surface area contributed by atoms with E-state index in [0.717, 1.165) is 42.1 Å². The Morgan fingerprint density at radius 2 is 1.81 bits per heavy atom. The number of nitrogens with zero attached hydrogens (tertiary/aromatic N) is 4. The molecule has 8 nitrogen and oxygen atoms in total. The number of benzene rings is 2. The van der Waals surface area contributed by atoms with Gasteiger partial charge in [-0.25, -0.2) is 14.2 Å². The molecule has 10 heteroatoms. The van der Waals surface area contributed by atoms with E-state index in [0.29, 0.717) is 38.5 Å². The number of nitrogens with one attached hydrogen (secondary N) is 2. The zero-order valence-electron chi connectivity index (χ0n) is 21.5. The molecule has 198 valence electrons. The monoisotopic (exact) mass is 526 g/mol. The van der Waals surface area contributed by atoms with E-state index in [1.165, 1.54) is 17.8 Å². The number of likely N-dealkylation sites (N-methyl/N-ethyl adjacent to an activating group) is 1. The second-order valence-electron chi connectivity index (χ2n) is 9.10. The second kappa shape index (κ2) is 13.4. The highest BCUT2D eigenvalue weighted by Crippen LogP contribution is 2.32. The normalized spacial score (nSPS) is 14.3. The molecule has 3 aromatic rings. The number of anilines is 1. The number of hydrogen-bond acceptors (Lipinski definition) is 6. The molecule has 0 unspecified atom stereocenters. The van der Waals surface area contributed by atoms with Gasteiger partial charge in [0.2, 0.25) is 0 Å². The number of carbonyl (C=O) groups excluding carboxylic acids is 1. The van der Waals surface area contributed by atoms with Crippen LogP contribution in [0.25, 0.3) is 11.3 Å². The molecule has 1 aromatic heterocycles. The van der Waals surface area contributed by atoms with Gasteiger partial charge in [-0.2, -0.15) is 0 Å². The number of rotatable bonds is 10. The Morgan fingerprint density at radius 1 is 1.08 bits per heavy atom. The number of hydrogen-bond donors (Lipinski definition) is 2.